The van der Waals surface area contributed by atoms with Crippen LogP contribution in [0.2, 0.25) is 0 Å². The van der Waals surface area contributed by atoms with Crippen LogP contribution in [0.5, 0.6) is 11.5 Å². The molecule has 0 radical (unpaired) electrons. The van der Waals surface area contributed by atoms with E-state index in [4.69, 9.17) is 9.47 Å². The Kier molecular flexibility index (Phi) is 6.60. The fourth-order valence-electron chi connectivity index (χ4n) is 2.35. The minimum absolute atomic E-state index is 0.214. The molecule has 30 heavy (non-hydrogen) atoms. The molecule has 0 atom stereocenters. The van der Waals surface area contributed by atoms with E-state index in [2.05, 4.69) is 0 Å². The quantitative estimate of drug-likeness (QED) is 0.536. The summed E-state index contributed by atoms with van der Waals surface area (Å²) in [6, 6.07) is 7.81. The van der Waals surface area contributed by atoms with Gasteiger partial charge in [-0.25, -0.2) is 17.6 Å². The Morgan fingerprint density at radius 3 is 1.33 bits per heavy atom. The Morgan fingerprint density at radius 1 is 0.733 bits per heavy atom. The van der Waals surface area contributed by atoms with Crippen LogP contribution in [0.3, 0.4) is 0 Å². The summed E-state index contributed by atoms with van der Waals surface area (Å²) in [6.45, 7) is -3.70. The first kappa shape index (κ1) is 23.0. The Labute approximate surface area is 163 Å². The van der Waals surface area contributed by atoms with Crippen LogP contribution in [0.25, 0.3) is 10.8 Å². The lowest BCUT2D eigenvalue weighted by atomic mass is 9.99. The van der Waals surface area contributed by atoms with Crippen molar-refractivity contribution in [3.63, 3.8) is 0 Å². The average Bonchev–Trinajstić information content (AvgIpc) is 2.69. The summed E-state index contributed by atoms with van der Waals surface area (Å²) in [5, 5.41) is 18.2. The van der Waals surface area contributed by atoms with Crippen LogP contribution in [-0.2, 0) is 0 Å². The van der Waals surface area contributed by atoms with Crippen molar-refractivity contribution in [2.75, 3.05) is 13.2 Å². The summed E-state index contributed by atoms with van der Waals surface area (Å²) < 4.78 is 112. The van der Waals surface area contributed by atoms with Crippen molar-refractivity contribution in [1.82, 2.24) is 0 Å². The zero-order valence-electron chi connectivity index (χ0n) is 14.6. The highest BCUT2D eigenvalue weighted by Crippen LogP contribution is 2.41. The molecule has 0 spiro atoms. The van der Waals surface area contributed by atoms with Crippen LogP contribution in [0.4, 0.5) is 35.1 Å². The van der Waals surface area contributed by atoms with E-state index in [1.807, 2.05) is 0 Å². The van der Waals surface area contributed by atoms with Gasteiger partial charge in [-0.1, -0.05) is 24.3 Å². The molecule has 2 aromatic rings. The zero-order chi connectivity index (χ0) is 22.7. The number of ether oxygens (including phenoxy) is 2. The van der Waals surface area contributed by atoms with Gasteiger partial charge < -0.3 is 9.47 Å². The van der Waals surface area contributed by atoms with Gasteiger partial charge in [0.15, 0.2) is 13.2 Å². The molecule has 2 aromatic carbocycles. The summed E-state index contributed by atoms with van der Waals surface area (Å²) in [6.07, 6.45) is -8.16. The monoisotopic (exact) mass is 438 g/mol. The summed E-state index contributed by atoms with van der Waals surface area (Å²) in [5.74, 6) is -10.5. The van der Waals surface area contributed by atoms with Crippen molar-refractivity contribution in [1.29, 1.82) is 10.5 Å². The molecule has 0 aliphatic carbocycles. The van der Waals surface area contributed by atoms with Crippen molar-refractivity contribution in [2.24, 2.45) is 0 Å². The maximum Gasteiger partial charge on any atom is 0.340 e. The highest BCUT2D eigenvalue weighted by Gasteiger charge is 2.43. The standard InChI is InChI=1S/C18H10F8N2O2/c19-15(20)17(23,24)7-29-13-9-3-1-2-4-10(9)14(12(6-28)11(13)5-27)30-8-18(25,26)16(21)22/h1-4,15-16H,7-8H2. The number of benzene rings is 2. The fraction of sp³-hybridized carbons (Fsp3) is 0.333. The number of alkyl halides is 8. The largest absolute Gasteiger partial charge is 0.485 e. The molecule has 0 unspecified atom stereocenters. The van der Waals surface area contributed by atoms with Crippen LogP contribution in [0.15, 0.2) is 24.3 Å². The SMILES string of the molecule is N#Cc1c(C#N)c(OCC(F)(F)C(F)F)c2ccccc2c1OCC(F)(F)C(F)F. The van der Waals surface area contributed by atoms with E-state index in [1.54, 1.807) is 0 Å². The number of fused-ring (bicyclic) bond motifs is 1. The van der Waals surface area contributed by atoms with E-state index in [0.717, 1.165) is 12.1 Å². The van der Waals surface area contributed by atoms with E-state index in [9.17, 15) is 45.6 Å². The average molecular weight is 438 g/mol. The molecule has 0 aliphatic rings. The van der Waals surface area contributed by atoms with Gasteiger partial charge in [-0.05, 0) is 0 Å². The minimum Gasteiger partial charge on any atom is -0.485 e. The van der Waals surface area contributed by atoms with Crippen molar-refractivity contribution in [2.45, 2.75) is 24.7 Å². The normalized spacial score (nSPS) is 12.1. The Hall–Kier alpha value is -3.28. The topological polar surface area (TPSA) is 66.0 Å². The molecule has 4 nitrogen and oxygen atoms in total. The van der Waals surface area contributed by atoms with Gasteiger partial charge in [0.25, 0.3) is 0 Å². The van der Waals surface area contributed by atoms with Crippen molar-refractivity contribution in [3.05, 3.63) is 35.4 Å². The van der Waals surface area contributed by atoms with Crippen molar-refractivity contribution < 1.29 is 44.6 Å². The Balaban J connectivity index is 2.64. The summed E-state index contributed by atoms with van der Waals surface area (Å²) in [7, 11) is 0. The summed E-state index contributed by atoms with van der Waals surface area (Å²) >= 11 is 0. The van der Waals surface area contributed by atoms with Gasteiger partial charge in [0.2, 0.25) is 0 Å². The molecule has 0 saturated heterocycles. The number of nitriles is 2. The second kappa shape index (κ2) is 8.61. The molecule has 0 aliphatic heterocycles. The molecule has 0 saturated carbocycles. The maximum absolute atomic E-state index is 13.3. The lowest BCUT2D eigenvalue weighted by Gasteiger charge is -2.21. The van der Waals surface area contributed by atoms with Crippen LogP contribution in [0, 0.1) is 22.7 Å². The molecular weight excluding hydrogens is 428 g/mol. The molecule has 2 rings (SSSR count). The van der Waals surface area contributed by atoms with E-state index in [0.29, 0.717) is 0 Å². The Morgan fingerprint density at radius 2 is 1.07 bits per heavy atom. The summed E-state index contributed by atoms with van der Waals surface area (Å²) in [4.78, 5) is 0. The van der Waals surface area contributed by atoms with E-state index in [1.165, 1.54) is 24.3 Å². The third-order valence-corrected chi connectivity index (χ3v) is 3.80. The molecule has 0 bridgehead atoms. The molecule has 0 heterocycles. The van der Waals surface area contributed by atoms with Gasteiger partial charge in [-0.2, -0.15) is 28.1 Å². The molecule has 0 fully saturated rings. The molecule has 0 aromatic heterocycles. The van der Waals surface area contributed by atoms with Crippen molar-refractivity contribution in [3.8, 4) is 23.6 Å². The number of nitrogens with zero attached hydrogens (tertiary/aromatic N) is 2. The first-order valence-electron chi connectivity index (χ1n) is 7.92. The highest BCUT2D eigenvalue weighted by atomic mass is 19.3. The molecular formula is C18H10F8N2O2. The third-order valence-electron chi connectivity index (χ3n) is 3.80. The second-order valence-corrected chi connectivity index (χ2v) is 5.88. The minimum atomic E-state index is -4.59. The lowest BCUT2D eigenvalue weighted by Crippen LogP contribution is -2.34. The molecule has 0 N–H and O–H groups in total. The van der Waals surface area contributed by atoms with Crippen LogP contribution in [0.1, 0.15) is 11.1 Å². The van der Waals surface area contributed by atoms with Gasteiger partial charge >= 0.3 is 24.7 Å². The maximum atomic E-state index is 13.3. The predicted octanol–water partition coefficient (Wildman–Crippen LogP) is 5.14. The number of halogens is 8. The van der Waals surface area contributed by atoms with Gasteiger partial charge in [0, 0.05) is 10.8 Å². The predicted molar refractivity (Wildman–Crippen MR) is 86.3 cm³/mol. The fourth-order valence-corrected chi connectivity index (χ4v) is 2.35. The molecule has 160 valence electrons. The third kappa shape index (κ3) is 4.48. The van der Waals surface area contributed by atoms with Crippen LogP contribution < -0.4 is 9.47 Å². The van der Waals surface area contributed by atoms with Gasteiger partial charge in [0.05, 0.1) is 0 Å². The lowest BCUT2D eigenvalue weighted by molar-refractivity contribution is -0.148. The van der Waals surface area contributed by atoms with Gasteiger partial charge in [0.1, 0.15) is 34.8 Å². The molecule has 12 heteroatoms. The summed E-state index contributed by atoms with van der Waals surface area (Å²) in [5.41, 5.74) is -1.53. The van der Waals surface area contributed by atoms with Crippen LogP contribution >= 0.6 is 0 Å². The zero-order valence-corrected chi connectivity index (χ0v) is 14.6. The smallest absolute Gasteiger partial charge is 0.340 e. The van der Waals surface area contributed by atoms with Crippen molar-refractivity contribution >= 4 is 10.8 Å². The number of rotatable bonds is 8. The first-order chi connectivity index (χ1) is 14.0. The number of hydrogen-bond donors (Lipinski definition) is 0. The van der Waals surface area contributed by atoms with E-state index >= 15 is 0 Å². The Bertz CT molecular complexity index is 931. The first-order valence-corrected chi connectivity index (χ1v) is 7.92. The number of hydrogen-bond acceptors (Lipinski definition) is 4. The highest BCUT2D eigenvalue weighted by molar-refractivity contribution is 5.98. The van der Waals surface area contributed by atoms with E-state index < -0.39 is 60.5 Å². The van der Waals surface area contributed by atoms with Gasteiger partial charge in [-0.3, -0.25) is 0 Å². The molecule has 0 amide bonds. The van der Waals surface area contributed by atoms with E-state index in [-0.39, 0.29) is 10.8 Å². The van der Waals surface area contributed by atoms with Crippen LogP contribution in [-0.4, -0.2) is 37.9 Å². The van der Waals surface area contributed by atoms with Gasteiger partial charge in [-0.15, -0.1) is 0 Å². The second-order valence-electron chi connectivity index (χ2n) is 5.88.